The molecule has 2 aliphatic rings. The van der Waals surface area contributed by atoms with Gasteiger partial charge in [0.05, 0.1) is 70.5 Å². The largest absolute Gasteiger partial charge is 0.455 e. The summed E-state index contributed by atoms with van der Waals surface area (Å²) in [6.07, 6.45) is 2.46. The standard InChI is InChI=1S/C59H44N6O/c1-58-35-17-18-36-59(58,2)65(50-31-15-9-25-44(50)58)57-61-55(41-23-7-14-30-49(41)63-45-26-10-3-19-37(45)38-20-4-11-27-46(38)63)60-56(62-57)43-33-34-51(53-42-24-8-16-32-52(42)66-54(43)53)64-47-28-12-5-21-39(47)40-22-6-13-29-48(40)64/h3-16,19-34H,17-18,35-36H2,1-2H3/i3D,4D,7D,9D,10D,11D,14D,15D,19D,23D,25D,26D,27D,30D,31D. The van der Waals surface area contributed by atoms with E-state index in [4.69, 9.17) is 29.0 Å². The first-order valence-corrected chi connectivity index (χ1v) is 21.9. The third-order valence-corrected chi connectivity index (χ3v) is 14.3. The fraction of sp³-hybridized carbons (Fsp3) is 0.136. The predicted octanol–water partition coefficient (Wildman–Crippen LogP) is 15.0. The van der Waals surface area contributed by atoms with Crippen molar-refractivity contribution in [2.45, 2.75) is 50.5 Å². The Balaban J connectivity index is 1.15. The molecule has 2 atom stereocenters. The van der Waals surface area contributed by atoms with Gasteiger partial charge in [-0.25, -0.2) is 4.98 Å². The Hall–Kier alpha value is -8.03. The minimum Gasteiger partial charge on any atom is -0.455 e. The van der Waals surface area contributed by atoms with Crippen LogP contribution in [0.5, 0.6) is 0 Å². The lowest BCUT2D eigenvalue weighted by molar-refractivity contribution is 0.193. The topological polar surface area (TPSA) is 64.9 Å². The van der Waals surface area contributed by atoms with Crippen molar-refractivity contribution in [1.82, 2.24) is 24.1 Å². The van der Waals surface area contributed by atoms with E-state index in [-0.39, 0.29) is 57.2 Å². The van der Waals surface area contributed by atoms with Crippen LogP contribution in [0.1, 0.15) is 65.7 Å². The van der Waals surface area contributed by atoms with Crippen LogP contribution in [0.4, 0.5) is 11.6 Å². The molecule has 5 heterocycles. The summed E-state index contributed by atoms with van der Waals surface area (Å²) in [5.74, 6) is -0.589. The summed E-state index contributed by atoms with van der Waals surface area (Å²) in [7, 11) is 0. The highest BCUT2D eigenvalue weighted by molar-refractivity contribution is 6.17. The highest BCUT2D eigenvalue weighted by atomic mass is 16.3. The van der Waals surface area contributed by atoms with Gasteiger partial charge in [0, 0.05) is 43.6 Å². The van der Waals surface area contributed by atoms with Crippen LogP contribution in [-0.4, -0.2) is 29.6 Å². The van der Waals surface area contributed by atoms with Gasteiger partial charge in [0.25, 0.3) is 0 Å². The second-order valence-electron chi connectivity index (χ2n) is 17.5. The summed E-state index contributed by atoms with van der Waals surface area (Å²) < 4.78 is 148. The van der Waals surface area contributed by atoms with E-state index in [1.165, 1.54) is 6.07 Å². The fourth-order valence-corrected chi connectivity index (χ4v) is 11.1. The Morgan fingerprint density at radius 1 is 0.500 bits per heavy atom. The number of anilines is 2. The van der Waals surface area contributed by atoms with Crippen LogP contribution in [0.15, 0.2) is 186 Å². The van der Waals surface area contributed by atoms with Gasteiger partial charge in [0.15, 0.2) is 11.6 Å². The molecule has 0 bridgehead atoms. The van der Waals surface area contributed by atoms with Crippen LogP contribution in [0, 0.1) is 0 Å². The molecule has 14 rings (SSSR count). The van der Waals surface area contributed by atoms with E-state index in [0.29, 0.717) is 46.9 Å². The monoisotopic (exact) mass is 867 g/mol. The molecule has 1 saturated carbocycles. The van der Waals surface area contributed by atoms with Gasteiger partial charge in [0.1, 0.15) is 11.2 Å². The van der Waals surface area contributed by atoms with Crippen molar-refractivity contribution in [3.63, 3.8) is 0 Å². The molecule has 0 amide bonds. The third kappa shape index (κ3) is 5.00. The summed E-state index contributed by atoms with van der Waals surface area (Å²) in [5, 5.41) is 3.28. The fourth-order valence-electron chi connectivity index (χ4n) is 11.1. The SMILES string of the molecule is [2H]c1cc2c3c([2H])c([2H])c([2H])c([2H])c3n(-c3c([2H])c([2H])c([2H])c([2H])c3-c3nc(-c4ccc(-n5c6ccccc6c6ccccc65)c5c4oc4ccccc45)nc(N4c5c([2H])c([2H])c([2H])c([2H])c5C5(C)CCCCC45C)n3)c2c([2H])c1[2H]. The Labute approximate surface area is 402 Å². The number of rotatable bonds is 5. The molecule has 12 aromatic rings. The van der Waals surface area contributed by atoms with Crippen molar-refractivity contribution >= 4 is 77.2 Å². The number of fused-ring (bicyclic) bond motifs is 12. The molecular formula is C59H44N6O. The van der Waals surface area contributed by atoms with Crippen molar-refractivity contribution in [2.24, 2.45) is 0 Å². The number of benzene rings is 8. The number of hydrogen-bond donors (Lipinski definition) is 0. The van der Waals surface area contributed by atoms with E-state index in [2.05, 4.69) is 16.7 Å². The van der Waals surface area contributed by atoms with Crippen LogP contribution in [0.2, 0.25) is 0 Å². The molecule has 1 aliphatic carbocycles. The molecule has 2 unspecified atom stereocenters. The number of nitrogens with zero attached hydrogens (tertiary/aromatic N) is 6. The number of aromatic nitrogens is 5. The van der Waals surface area contributed by atoms with E-state index < -0.39 is 101 Å². The highest BCUT2D eigenvalue weighted by Gasteiger charge is 2.58. The quantitative estimate of drug-likeness (QED) is 0.172. The highest BCUT2D eigenvalue weighted by Crippen LogP contribution is 2.60. The van der Waals surface area contributed by atoms with Crippen molar-refractivity contribution in [2.75, 3.05) is 4.90 Å². The molecule has 0 N–H and O–H groups in total. The first-order chi connectivity index (χ1) is 38.7. The molecule has 7 heteroatoms. The summed E-state index contributed by atoms with van der Waals surface area (Å²) in [6, 6.07) is 20.3. The lowest BCUT2D eigenvalue weighted by atomic mass is 9.61. The molecule has 4 aromatic heterocycles. The van der Waals surface area contributed by atoms with Crippen molar-refractivity contribution in [3.05, 3.63) is 187 Å². The van der Waals surface area contributed by atoms with Crippen molar-refractivity contribution in [3.8, 4) is 34.2 Å². The molecule has 0 radical (unpaired) electrons. The lowest BCUT2D eigenvalue weighted by Gasteiger charge is -2.49. The zero-order valence-electron chi connectivity index (χ0n) is 50.6. The summed E-state index contributed by atoms with van der Waals surface area (Å²) in [6.45, 7) is 3.95. The van der Waals surface area contributed by atoms with E-state index in [0.717, 1.165) is 43.9 Å². The van der Waals surface area contributed by atoms with Gasteiger partial charge in [-0.1, -0.05) is 141 Å². The maximum absolute atomic E-state index is 9.87. The Bertz CT molecular complexity index is 4810. The normalized spacial score (nSPS) is 21.5. The number of hydrogen-bond acceptors (Lipinski definition) is 5. The number of para-hydroxylation sites is 7. The van der Waals surface area contributed by atoms with Gasteiger partial charge in [-0.15, -0.1) is 0 Å². The molecular weight excluding hydrogens is 809 g/mol. The van der Waals surface area contributed by atoms with Gasteiger partial charge >= 0.3 is 0 Å². The molecule has 66 heavy (non-hydrogen) atoms. The van der Waals surface area contributed by atoms with Gasteiger partial charge in [-0.2, -0.15) is 9.97 Å². The molecule has 1 aliphatic heterocycles. The second-order valence-corrected chi connectivity index (χ2v) is 17.5. The van der Waals surface area contributed by atoms with E-state index in [1.54, 1.807) is 11.0 Å². The van der Waals surface area contributed by atoms with Crippen LogP contribution in [0.25, 0.3) is 99.7 Å². The Kier molecular flexibility index (Phi) is 5.30. The third-order valence-electron chi connectivity index (χ3n) is 14.3. The van der Waals surface area contributed by atoms with Gasteiger partial charge < -0.3 is 18.5 Å². The predicted molar refractivity (Wildman–Crippen MR) is 269 cm³/mol. The lowest BCUT2D eigenvalue weighted by Crippen LogP contribution is -2.55. The smallest absolute Gasteiger partial charge is 0.234 e. The molecule has 7 nitrogen and oxygen atoms in total. The summed E-state index contributed by atoms with van der Waals surface area (Å²) in [4.78, 5) is 17.3. The summed E-state index contributed by atoms with van der Waals surface area (Å²) in [5.41, 5.74) is 0.959. The molecule has 8 aromatic carbocycles. The van der Waals surface area contributed by atoms with Crippen LogP contribution in [0.3, 0.4) is 0 Å². The molecule has 316 valence electrons. The average molecular weight is 868 g/mol. The molecule has 0 spiro atoms. The van der Waals surface area contributed by atoms with Crippen LogP contribution < -0.4 is 4.90 Å². The van der Waals surface area contributed by atoms with Gasteiger partial charge in [0.2, 0.25) is 5.95 Å². The molecule has 0 saturated heterocycles. The minimum absolute atomic E-state index is 0.0404. The average Bonchev–Trinajstić information content (AvgIpc) is 2.11. The summed E-state index contributed by atoms with van der Waals surface area (Å²) >= 11 is 0. The Morgan fingerprint density at radius 2 is 1.11 bits per heavy atom. The maximum Gasteiger partial charge on any atom is 0.234 e. The zero-order chi connectivity index (χ0) is 56.8. The van der Waals surface area contributed by atoms with E-state index in [1.807, 2.05) is 80.6 Å². The van der Waals surface area contributed by atoms with E-state index >= 15 is 0 Å². The first-order valence-electron chi connectivity index (χ1n) is 29.4. The van der Waals surface area contributed by atoms with Gasteiger partial charge in [-0.3, -0.25) is 0 Å². The van der Waals surface area contributed by atoms with Gasteiger partial charge in [-0.05, 0) is 85.9 Å². The minimum atomic E-state index is -1.04. The van der Waals surface area contributed by atoms with E-state index in [9.17, 15) is 11.0 Å². The molecule has 1 fully saturated rings. The second kappa shape index (κ2) is 13.7. The Morgan fingerprint density at radius 3 is 1.92 bits per heavy atom. The van der Waals surface area contributed by atoms with Crippen LogP contribution >= 0.6 is 0 Å². The first kappa shape index (κ1) is 25.5. The van der Waals surface area contributed by atoms with Crippen LogP contribution in [-0.2, 0) is 5.41 Å². The van der Waals surface area contributed by atoms with Crippen molar-refractivity contribution in [1.29, 1.82) is 0 Å². The maximum atomic E-state index is 9.87. The number of furan rings is 1. The van der Waals surface area contributed by atoms with Crippen molar-refractivity contribution < 1.29 is 25.0 Å². The zero-order valence-corrected chi connectivity index (χ0v) is 35.6.